The first kappa shape index (κ1) is 14.3. The second-order valence-corrected chi connectivity index (χ2v) is 6.10. The van der Waals surface area contributed by atoms with Gasteiger partial charge in [-0.05, 0) is 26.0 Å². The van der Waals surface area contributed by atoms with E-state index in [-0.39, 0.29) is 10.7 Å². The second kappa shape index (κ2) is 5.12. The van der Waals surface area contributed by atoms with Crippen LogP contribution in [0, 0.1) is 6.92 Å². The van der Waals surface area contributed by atoms with Gasteiger partial charge in [0.2, 0.25) is 0 Å². The topological polar surface area (TPSA) is 94.1 Å². The highest BCUT2D eigenvalue weighted by Crippen LogP contribution is 2.28. The van der Waals surface area contributed by atoms with E-state index < -0.39 is 10.0 Å². The van der Waals surface area contributed by atoms with Gasteiger partial charge in [-0.15, -0.1) is 0 Å². The highest BCUT2D eigenvalue weighted by atomic mass is 32.2. The molecule has 0 saturated carbocycles. The number of aromatic nitrogens is 3. The number of nitrogens with zero attached hydrogens (tertiary/aromatic N) is 4. The Morgan fingerprint density at radius 1 is 1.35 bits per heavy atom. The van der Waals surface area contributed by atoms with Gasteiger partial charge < -0.3 is 5.73 Å². The van der Waals surface area contributed by atoms with Crippen LogP contribution in [0.15, 0.2) is 29.4 Å². The van der Waals surface area contributed by atoms with Crippen molar-refractivity contribution in [3.63, 3.8) is 0 Å². The van der Waals surface area contributed by atoms with Crippen LogP contribution in [-0.2, 0) is 17.1 Å². The van der Waals surface area contributed by atoms with Gasteiger partial charge in [0.05, 0.1) is 11.4 Å². The third-order valence-corrected chi connectivity index (χ3v) is 5.16. The van der Waals surface area contributed by atoms with E-state index >= 15 is 0 Å². The van der Waals surface area contributed by atoms with Crippen molar-refractivity contribution >= 4 is 21.5 Å². The van der Waals surface area contributed by atoms with Crippen molar-refractivity contribution in [2.45, 2.75) is 18.7 Å². The van der Waals surface area contributed by atoms with Gasteiger partial charge in [-0.2, -0.15) is 5.10 Å². The largest absolute Gasteiger partial charge is 0.381 e. The molecule has 0 aliphatic heterocycles. The van der Waals surface area contributed by atoms with Crippen molar-refractivity contribution in [1.82, 2.24) is 14.8 Å². The lowest BCUT2D eigenvalue weighted by molar-refractivity contribution is 0.591. The average molecular weight is 295 g/mol. The van der Waals surface area contributed by atoms with E-state index in [1.165, 1.54) is 8.99 Å². The lowest BCUT2D eigenvalue weighted by Crippen LogP contribution is -2.31. The Morgan fingerprint density at radius 3 is 2.40 bits per heavy atom. The SMILES string of the molecule is CCN(c1ccncc1)S(=O)(=O)c1c(N)nn(C)c1C. The van der Waals surface area contributed by atoms with Crippen molar-refractivity contribution < 1.29 is 8.42 Å². The summed E-state index contributed by atoms with van der Waals surface area (Å²) in [4.78, 5) is 3.95. The van der Waals surface area contributed by atoms with Crippen LogP contribution in [0.5, 0.6) is 0 Å². The maximum absolute atomic E-state index is 12.8. The zero-order chi connectivity index (χ0) is 14.9. The van der Waals surface area contributed by atoms with Crippen LogP contribution < -0.4 is 10.0 Å². The third-order valence-electron chi connectivity index (χ3n) is 3.09. The highest BCUT2D eigenvalue weighted by Gasteiger charge is 2.30. The number of anilines is 2. The zero-order valence-electron chi connectivity index (χ0n) is 11.6. The van der Waals surface area contributed by atoms with Crippen LogP contribution in [0.3, 0.4) is 0 Å². The molecule has 2 aromatic rings. The molecule has 0 radical (unpaired) electrons. The van der Waals surface area contributed by atoms with Crippen molar-refractivity contribution in [1.29, 1.82) is 0 Å². The Kier molecular flexibility index (Phi) is 3.67. The van der Waals surface area contributed by atoms with Crippen LogP contribution in [0.1, 0.15) is 12.6 Å². The van der Waals surface area contributed by atoms with E-state index in [9.17, 15) is 8.42 Å². The zero-order valence-corrected chi connectivity index (χ0v) is 12.4. The first-order valence-corrected chi connectivity index (χ1v) is 7.55. The van der Waals surface area contributed by atoms with Gasteiger partial charge >= 0.3 is 0 Å². The quantitative estimate of drug-likeness (QED) is 0.905. The number of hydrogen-bond donors (Lipinski definition) is 1. The summed E-state index contributed by atoms with van der Waals surface area (Å²) in [6, 6.07) is 3.28. The molecule has 0 amide bonds. The van der Waals surface area contributed by atoms with E-state index in [4.69, 9.17) is 5.73 Å². The molecule has 0 unspecified atom stereocenters. The third kappa shape index (κ3) is 2.22. The normalized spacial score (nSPS) is 11.6. The van der Waals surface area contributed by atoms with Crippen LogP contribution in [0.4, 0.5) is 11.5 Å². The highest BCUT2D eigenvalue weighted by molar-refractivity contribution is 7.93. The Hall–Kier alpha value is -2.09. The molecule has 7 nitrogen and oxygen atoms in total. The molecule has 8 heteroatoms. The predicted octanol–water partition coefficient (Wildman–Crippen LogP) is 0.921. The summed E-state index contributed by atoms with van der Waals surface area (Å²) in [6.07, 6.45) is 3.10. The molecule has 108 valence electrons. The van der Waals surface area contributed by atoms with Gasteiger partial charge in [-0.3, -0.25) is 14.0 Å². The van der Waals surface area contributed by atoms with E-state index in [1.54, 1.807) is 45.4 Å². The minimum Gasteiger partial charge on any atom is -0.381 e. The molecule has 0 bridgehead atoms. The van der Waals surface area contributed by atoms with Gasteiger partial charge in [0.15, 0.2) is 10.7 Å². The number of nitrogens with two attached hydrogens (primary N) is 1. The first-order valence-electron chi connectivity index (χ1n) is 6.11. The minimum absolute atomic E-state index is 0.0116. The van der Waals surface area contributed by atoms with Gasteiger partial charge in [0, 0.05) is 26.0 Å². The molecule has 0 spiro atoms. The van der Waals surface area contributed by atoms with Crippen molar-refractivity contribution in [2.24, 2.45) is 7.05 Å². The Morgan fingerprint density at radius 2 is 1.95 bits per heavy atom. The minimum atomic E-state index is -3.75. The van der Waals surface area contributed by atoms with E-state index in [2.05, 4.69) is 10.1 Å². The van der Waals surface area contributed by atoms with Crippen molar-refractivity contribution in [2.75, 3.05) is 16.6 Å². The van der Waals surface area contributed by atoms with Crippen LogP contribution in [0.25, 0.3) is 0 Å². The molecule has 0 saturated heterocycles. The first-order chi connectivity index (χ1) is 9.39. The average Bonchev–Trinajstić information content (AvgIpc) is 2.65. The summed E-state index contributed by atoms with van der Waals surface area (Å²) in [5, 5.41) is 3.96. The van der Waals surface area contributed by atoms with Crippen LogP contribution in [0.2, 0.25) is 0 Å². The summed E-state index contributed by atoms with van der Waals surface area (Å²) in [5.74, 6) is 0.0116. The molecule has 2 aromatic heterocycles. The summed E-state index contributed by atoms with van der Waals surface area (Å²) in [7, 11) is -2.09. The number of pyridine rings is 1. The molecule has 2 N–H and O–H groups in total. The number of rotatable bonds is 4. The number of nitrogen functional groups attached to an aromatic ring is 1. The van der Waals surface area contributed by atoms with Gasteiger partial charge in [-0.1, -0.05) is 0 Å². The fraction of sp³-hybridized carbons (Fsp3) is 0.333. The predicted molar refractivity (Wildman–Crippen MR) is 76.8 cm³/mol. The molecule has 2 heterocycles. The van der Waals surface area contributed by atoms with Gasteiger partial charge in [0.25, 0.3) is 10.0 Å². The number of hydrogen-bond acceptors (Lipinski definition) is 5. The smallest absolute Gasteiger partial charge is 0.269 e. The van der Waals surface area contributed by atoms with Crippen LogP contribution >= 0.6 is 0 Å². The standard InChI is InChI=1S/C12H17N5O2S/c1-4-17(10-5-7-14-8-6-10)20(18,19)11-9(2)16(3)15-12(11)13/h5-8H,4H2,1-3H3,(H2,13,15). The Balaban J connectivity index is 2.59. The molecular formula is C12H17N5O2S. The van der Waals surface area contributed by atoms with E-state index in [1.807, 2.05) is 0 Å². The fourth-order valence-corrected chi connectivity index (χ4v) is 3.82. The van der Waals surface area contributed by atoms with Gasteiger partial charge in [0.1, 0.15) is 0 Å². The van der Waals surface area contributed by atoms with Crippen molar-refractivity contribution in [3.05, 3.63) is 30.2 Å². The molecular weight excluding hydrogens is 278 g/mol. The summed E-state index contributed by atoms with van der Waals surface area (Å²) >= 11 is 0. The molecule has 0 aromatic carbocycles. The maximum atomic E-state index is 12.8. The summed E-state index contributed by atoms with van der Waals surface area (Å²) in [5.41, 5.74) is 6.80. The molecule has 0 atom stereocenters. The molecule has 20 heavy (non-hydrogen) atoms. The lowest BCUT2D eigenvalue weighted by Gasteiger charge is -2.22. The molecule has 0 aliphatic carbocycles. The fourth-order valence-electron chi connectivity index (χ4n) is 2.04. The molecule has 2 rings (SSSR count). The summed E-state index contributed by atoms with van der Waals surface area (Å²) in [6.45, 7) is 3.73. The molecule has 0 aliphatic rings. The maximum Gasteiger partial charge on any atom is 0.269 e. The van der Waals surface area contributed by atoms with Gasteiger partial charge in [-0.25, -0.2) is 8.42 Å². The Bertz CT molecular complexity index is 709. The number of aryl methyl sites for hydroxylation is 1. The Labute approximate surface area is 118 Å². The van der Waals surface area contributed by atoms with E-state index in [0.717, 1.165) is 0 Å². The van der Waals surface area contributed by atoms with Crippen LogP contribution in [-0.4, -0.2) is 29.7 Å². The summed E-state index contributed by atoms with van der Waals surface area (Å²) < 4.78 is 28.3. The second-order valence-electron chi connectivity index (χ2n) is 4.30. The van der Waals surface area contributed by atoms with E-state index in [0.29, 0.717) is 17.9 Å². The molecule has 0 fully saturated rings. The van der Waals surface area contributed by atoms with Crippen molar-refractivity contribution in [3.8, 4) is 0 Å². The monoisotopic (exact) mass is 295 g/mol. The number of sulfonamides is 1. The lowest BCUT2D eigenvalue weighted by atomic mass is 10.4.